The zero-order valence-electron chi connectivity index (χ0n) is 8.79. The Labute approximate surface area is 123 Å². The van der Waals surface area contributed by atoms with Gasteiger partial charge in [-0.15, -0.1) is 0 Å². The number of hydrogen-bond donors (Lipinski definition) is 1. The second-order valence-corrected chi connectivity index (χ2v) is 5.94. The third-order valence-electron chi connectivity index (χ3n) is 2.71. The van der Waals surface area contributed by atoms with Crippen LogP contribution in [0.25, 0.3) is 0 Å². The van der Waals surface area contributed by atoms with Crippen molar-refractivity contribution >= 4 is 58.4 Å². The van der Waals surface area contributed by atoms with Crippen LogP contribution in [-0.4, -0.2) is 18.2 Å². The third kappa shape index (κ3) is 2.71. The van der Waals surface area contributed by atoms with Crippen LogP contribution in [0.1, 0.15) is 6.42 Å². The van der Waals surface area contributed by atoms with Gasteiger partial charge < -0.3 is 4.90 Å². The molecular formula is C11H10ClFINOS. The van der Waals surface area contributed by atoms with Gasteiger partial charge in [0.25, 0.3) is 0 Å². The van der Waals surface area contributed by atoms with Gasteiger partial charge in [-0.05, 0) is 46.4 Å². The van der Waals surface area contributed by atoms with E-state index in [1.807, 2.05) is 22.6 Å². The van der Waals surface area contributed by atoms with Gasteiger partial charge in [0.2, 0.25) is 5.91 Å². The highest BCUT2D eigenvalue weighted by molar-refractivity contribution is 14.1. The molecule has 0 bridgehead atoms. The summed E-state index contributed by atoms with van der Waals surface area (Å²) in [6, 6.07) is 2.89. The first-order chi connectivity index (χ1) is 8.02. The number of carbonyl (C=O) groups is 1. The van der Waals surface area contributed by atoms with Gasteiger partial charge in [-0.2, -0.15) is 12.6 Å². The second-order valence-electron chi connectivity index (χ2n) is 3.98. The maximum absolute atomic E-state index is 13.9. The van der Waals surface area contributed by atoms with Crippen LogP contribution in [0.3, 0.4) is 0 Å². The fourth-order valence-corrected chi connectivity index (χ4v) is 3.43. The number of thiol groups is 1. The number of nitrogens with zero attached hydrogens (tertiary/aromatic N) is 1. The van der Waals surface area contributed by atoms with Crippen LogP contribution < -0.4 is 4.90 Å². The molecule has 1 heterocycles. The van der Waals surface area contributed by atoms with Gasteiger partial charge in [0.1, 0.15) is 5.82 Å². The Balaban J connectivity index is 2.38. The molecule has 92 valence electrons. The Morgan fingerprint density at radius 2 is 2.29 bits per heavy atom. The van der Waals surface area contributed by atoms with E-state index in [0.29, 0.717) is 33.0 Å². The van der Waals surface area contributed by atoms with Crippen LogP contribution in [0.2, 0.25) is 5.02 Å². The number of benzene rings is 1. The van der Waals surface area contributed by atoms with Crippen molar-refractivity contribution in [2.24, 2.45) is 5.92 Å². The van der Waals surface area contributed by atoms with Gasteiger partial charge in [-0.25, -0.2) is 4.39 Å². The van der Waals surface area contributed by atoms with Gasteiger partial charge >= 0.3 is 0 Å². The highest BCUT2D eigenvalue weighted by Gasteiger charge is 2.32. The van der Waals surface area contributed by atoms with Crippen molar-refractivity contribution < 1.29 is 9.18 Å². The number of rotatable bonds is 2. The number of hydrogen-bond acceptors (Lipinski definition) is 2. The summed E-state index contributed by atoms with van der Waals surface area (Å²) in [7, 11) is 0. The number of amides is 1. The molecule has 1 unspecified atom stereocenters. The molecule has 1 amide bonds. The van der Waals surface area contributed by atoms with E-state index >= 15 is 0 Å². The molecule has 1 atom stereocenters. The van der Waals surface area contributed by atoms with Crippen LogP contribution in [-0.2, 0) is 4.79 Å². The molecule has 0 N–H and O–H groups in total. The first-order valence-electron chi connectivity index (χ1n) is 5.08. The number of halogens is 3. The molecule has 1 fully saturated rings. The molecule has 1 aromatic rings. The molecule has 1 aliphatic rings. The predicted octanol–water partition coefficient (Wildman–Crippen LogP) is 3.37. The Morgan fingerprint density at radius 1 is 1.59 bits per heavy atom. The predicted molar refractivity (Wildman–Crippen MR) is 78.4 cm³/mol. The summed E-state index contributed by atoms with van der Waals surface area (Å²) in [6.45, 7) is 0.525. The summed E-state index contributed by atoms with van der Waals surface area (Å²) in [6.07, 6.45) is 0.432. The van der Waals surface area contributed by atoms with Crippen molar-refractivity contribution in [2.45, 2.75) is 6.42 Å². The summed E-state index contributed by atoms with van der Waals surface area (Å²) in [5, 5.41) is 0.341. The van der Waals surface area contributed by atoms with E-state index in [1.54, 1.807) is 6.07 Å². The maximum atomic E-state index is 13.9. The summed E-state index contributed by atoms with van der Waals surface area (Å²) >= 11 is 11.9. The van der Waals surface area contributed by atoms with Gasteiger partial charge in [0.15, 0.2) is 0 Å². The average Bonchev–Trinajstić information content (AvgIpc) is 2.59. The molecule has 1 aliphatic heterocycles. The smallest absolute Gasteiger partial charge is 0.227 e. The first kappa shape index (κ1) is 13.4. The first-order valence-corrected chi connectivity index (χ1v) is 7.17. The Bertz CT molecular complexity index is 448. The van der Waals surface area contributed by atoms with Crippen LogP contribution in [0, 0.1) is 15.3 Å². The third-order valence-corrected chi connectivity index (χ3v) is 4.27. The zero-order chi connectivity index (χ0) is 12.6. The monoisotopic (exact) mass is 385 g/mol. The van der Waals surface area contributed by atoms with Crippen molar-refractivity contribution in [1.82, 2.24) is 0 Å². The lowest BCUT2D eigenvalue weighted by Gasteiger charge is -2.19. The van der Waals surface area contributed by atoms with E-state index in [1.165, 1.54) is 11.0 Å². The summed E-state index contributed by atoms with van der Waals surface area (Å²) in [5.74, 6) is 0.323. The summed E-state index contributed by atoms with van der Waals surface area (Å²) in [4.78, 5) is 13.3. The highest BCUT2D eigenvalue weighted by Crippen LogP contribution is 2.33. The summed E-state index contributed by atoms with van der Waals surface area (Å²) < 4.78 is 14.5. The molecule has 6 heteroatoms. The average molecular weight is 386 g/mol. The van der Waals surface area contributed by atoms with Gasteiger partial charge in [0, 0.05) is 21.6 Å². The molecule has 2 nitrogen and oxygen atoms in total. The highest BCUT2D eigenvalue weighted by atomic mass is 127. The van der Waals surface area contributed by atoms with Gasteiger partial charge in [-0.3, -0.25) is 4.79 Å². The van der Waals surface area contributed by atoms with Crippen LogP contribution >= 0.6 is 46.8 Å². The zero-order valence-corrected chi connectivity index (χ0v) is 12.6. The minimum absolute atomic E-state index is 0.0526. The maximum Gasteiger partial charge on any atom is 0.227 e. The Kier molecular flexibility index (Phi) is 4.20. The molecule has 17 heavy (non-hydrogen) atoms. The fourth-order valence-electron chi connectivity index (χ4n) is 1.91. The lowest BCUT2D eigenvalue weighted by Crippen LogP contribution is -2.26. The van der Waals surface area contributed by atoms with Crippen molar-refractivity contribution in [3.8, 4) is 0 Å². The second kappa shape index (κ2) is 5.32. The van der Waals surface area contributed by atoms with Crippen molar-refractivity contribution in [2.75, 3.05) is 17.2 Å². The minimum Gasteiger partial charge on any atom is -0.308 e. The van der Waals surface area contributed by atoms with Crippen LogP contribution in [0.5, 0.6) is 0 Å². The lowest BCUT2D eigenvalue weighted by atomic mass is 10.1. The van der Waals surface area contributed by atoms with E-state index < -0.39 is 5.82 Å². The lowest BCUT2D eigenvalue weighted by molar-refractivity contribution is -0.117. The SMILES string of the molecule is O=C1CC(CS)CN1c1c(F)cc(Cl)cc1I. The largest absolute Gasteiger partial charge is 0.308 e. The molecule has 0 aliphatic carbocycles. The van der Waals surface area contributed by atoms with Crippen LogP contribution in [0.15, 0.2) is 12.1 Å². The Hall–Kier alpha value is -0.0100. The molecule has 0 saturated carbocycles. The van der Waals surface area contributed by atoms with Gasteiger partial charge in [0.05, 0.1) is 5.69 Å². The standard InChI is InChI=1S/C11H10ClFINOS/c12-7-2-8(13)11(9(14)3-7)15-4-6(5-17)1-10(15)16/h2-3,6,17H,1,4-5H2. The van der Waals surface area contributed by atoms with Crippen LogP contribution in [0.4, 0.5) is 10.1 Å². The van der Waals surface area contributed by atoms with Crippen molar-refractivity contribution in [3.63, 3.8) is 0 Å². The Morgan fingerprint density at radius 3 is 2.82 bits per heavy atom. The minimum atomic E-state index is -0.449. The molecule has 1 saturated heterocycles. The van der Waals surface area contributed by atoms with E-state index in [2.05, 4.69) is 12.6 Å². The quantitative estimate of drug-likeness (QED) is 0.611. The van der Waals surface area contributed by atoms with E-state index in [9.17, 15) is 9.18 Å². The van der Waals surface area contributed by atoms with E-state index in [4.69, 9.17) is 11.6 Å². The molecule has 0 radical (unpaired) electrons. The molecule has 1 aromatic carbocycles. The van der Waals surface area contributed by atoms with Crippen molar-refractivity contribution in [3.05, 3.63) is 26.5 Å². The fraction of sp³-hybridized carbons (Fsp3) is 0.364. The van der Waals surface area contributed by atoms with E-state index in [0.717, 1.165) is 0 Å². The van der Waals surface area contributed by atoms with Gasteiger partial charge in [-0.1, -0.05) is 11.6 Å². The topological polar surface area (TPSA) is 20.3 Å². The number of carbonyl (C=O) groups excluding carboxylic acids is 1. The summed E-state index contributed by atoms with van der Waals surface area (Å²) in [5.41, 5.74) is 0.337. The van der Waals surface area contributed by atoms with E-state index in [-0.39, 0.29) is 11.8 Å². The number of anilines is 1. The normalized spacial score (nSPS) is 20.1. The molecule has 0 spiro atoms. The molecular weight excluding hydrogens is 376 g/mol. The van der Waals surface area contributed by atoms with Crippen molar-refractivity contribution in [1.29, 1.82) is 0 Å². The molecule has 0 aromatic heterocycles. The molecule has 2 rings (SSSR count).